The number of aryl methyl sites for hydroxylation is 2. The molecular weight excluding hydrogens is 1790 g/mol. The van der Waals surface area contributed by atoms with Gasteiger partial charge in [-0.25, -0.2) is 33.6 Å². The number of thiol groups is 6. The van der Waals surface area contributed by atoms with Gasteiger partial charge in [0, 0.05) is 6.08 Å². The van der Waals surface area contributed by atoms with Crippen molar-refractivity contribution in [2.45, 2.75) is 160 Å². The molecular formula is C83H114N6O32S6. The van der Waals surface area contributed by atoms with Crippen LogP contribution >= 0.6 is 76.9 Å². The van der Waals surface area contributed by atoms with Gasteiger partial charge in [0.2, 0.25) is 0 Å². The Labute approximate surface area is 769 Å². The molecule has 38 nitrogen and oxygen atoms in total. The number of carbonyl (C=O) groups is 7. The van der Waals surface area contributed by atoms with Crippen molar-refractivity contribution in [1.29, 1.82) is 0 Å². The van der Waals surface area contributed by atoms with E-state index in [9.17, 15) is 74.4 Å². The molecule has 2 fully saturated rings. The topological polar surface area (TPSA) is 521 Å². The summed E-state index contributed by atoms with van der Waals surface area (Å²) in [5.74, 6) is -3.87. The summed E-state index contributed by atoms with van der Waals surface area (Å²) in [6.45, 7) is 19.7. The third kappa shape index (κ3) is 43.3. The van der Waals surface area contributed by atoms with Gasteiger partial charge >= 0.3 is 41.8 Å². The number of carbonyl (C=O) groups excluding carboxylic acids is 7. The number of hydrogen-bond acceptors (Lipinski definition) is 44. The number of rotatable bonds is 30. The van der Waals surface area contributed by atoms with Crippen molar-refractivity contribution >= 4 is 125 Å². The Kier molecular flexibility index (Phi) is 58.2. The van der Waals surface area contributed by atoms with Crippen LogP contribution in [0.5, 0.6) is 28.7 Å². The lowest BCUT2D eigenvalue weighted by molar-refractivity contribution is -0.172. The zero-order chi connectivity index (χ0) is 95.9. The molecule has 704 valence electrons. The van der Waals surface area contributed by atoms with Crippen LogP contribution in [0.3, 0.4) is 0 Å². The van der Waals surface area contributed by atoms with Gasteiger partial charge in [0.15, 0.2) is 48.2 Å². The molecule has 6 unspecified atom stereocenters. The number of ether oxygens (including phenoxy) is 11. The van der Waals surface area contributed by atoms with E-state index < -0.39 is 115 Å². The molecule has 7 aromatic rings. The summed E-state index contributed by atoms with van der Waals surface area (Å²) in [7, 11) is 7.63. The van der Waals surface area contributed by atoms with Gasteiger partial charge in [0.1, 0.15) is 65.4 Å². The first-order chi connectivity index (χ1) is 60.3. The van der Waals surface area contributed by atoms with Crippen molar-refractivity contribution in [2.75, 3.05) is 48.8 Å². The van der Waals surface area contributed by atoms with Crippen LogP contribution in [0.2, 0.25) is 0 Å². The van der Waals surface area contributed by atoms with Crippen molar-refractivity contribution in [1.82, 2.24) is 29.3 Å². The van der Waals surface area contributed by atoms with E-state index in [1.165, 1.54) is 99.9 Å². The third-order valence-corrected chi connectivity index (χ3v) is 16.7. The van der Waals surface area contributed by atoms with Gasteiger partial charge in [0.05, 0.1) is 48.8 Å². The van der Waals surface area contributed by atoms with Gasteiger partial charge in [0.25, 0.3) is 0 Å². The Morgan fingerprint density at radius 3 is 0.850 bits per heavy atom. The number of aliphatic hydroxyl groups is 8. The maximum absolute atomic E-state index is 12.0. The fourth-order valence-electron chi connectivity index (χ4n) is 10.1. The lowest BCUT2D eigenvalue weighted by atomic mass is 10.0. The Balaban J connectivity index is 0.000000734. The van der Waals surface area contributed by atoms with Gasteiger partial charge in [-0.15, -0.1) is 0 Å². The molecule has 0 saturated carbocycles. The largest absolute Gasteiger partial charge is 0.497 e. The molecule has 44 heteroatoms. The summed E-state index contributed by atoms with van der Waals surface area (Å²) in [4.78, 5) is 112. The van der Waals surface area contributed by atoms with Crippen LogP contribution in [0, 0.1) is 13.8 Å². The van der Waals surface area contributed by atoms with Crippen LogP contribution in [0.4, 0.5) is 0 Å². The van der Waals surface area contributed by atoms with E-state index in [1.54, 1.807) is 115 Å². The number of benzene rings is 7. The normalized spacial score (nSPS) is 16.5. The Hall–Kier alpha value is -9.09. The van der Waals surface area contributed by atoms with Gasteiger partial charge in [-0.05, 0) is 161 Å². The molecule has 7 aromatic carbocycles. The van der Waals surface area contributed by atoms with Crippen LogP contribution in [-0.4, -0.2) is 185 Å². The molecule has 2 aliphatic rings. The zero-order valence-electron chi connectivity index (χ0n) is 72.0. The molecule has 0 spiro atoms. The second-order valence-electron chi connectivity index (χ2n) is 26.4. The number of nitrogens with one attached hydrogen (secondary N) is 6. The first-order valence-electron chi connectivity index (χ1n) is 37.9. The molecule has 0 bridgehead atoms. The highest BCUT2D eigenvalue weighted by molar-refractivity contribution is 7.78. The quantitative estimate of drug-likeness (QED) is 0.00662. The van der Waals surface area contributed by atoms with E-state index in [4.69, 9.17) is 57.3 Å². The van der Waals surface area contributed by atoms with Crippen molar-refractivity contribution in [2.24, 2.45) is 0 Å². The standard InChI is InChI=1S/C15H20O4.C13H17NO5S.C12H14O2.4C10H13NO5S.C3H8.H3NOS/c1-5-17-14(16)13-12(18-15(3,4)19-13)11-8-6-10(2)7-9-11;1-13(2)17-10(11(18-13)12(15)19-14-20)8-4-6-9(16-3)7-5-8;1-3-14-12(13)9-8-11-6-4-10(2)5-7-11;4*1-15-7-4-2-6(3-5-7)8(12)9(13)10(14)16-11-17;1-3-2;2-1-3/h6-9,12-13H,5H2,1-4H3;4-7,10-11,14,20H,1-3H3;4-9H,3H2,1-2H3;4*2-5,8-9,11-13,17H,1H3;3H2,1-2H3;1-3H/b;;9-8+;;;;;;/t12?,13-;10?,11-;;4*8?,9-;;/m00.1100../s1. The van der Waals surface area contributed by atoms with Gasteiger partial charge in [-0.2, -0.15) is 4.89 Å². The van der Waals surface area contributed by atoms with E-state index in [1.807, 2.05) is 94.1 Å². The fourth-order valence-corrected chi connectivity index (χ4v) is 10.6. The average Bonchev–Trinajstić information content (AvgIpc) is 1.65. The summed E-state index contributed by atoms with van der Waals surface area (Å²) in [5, 5.41) is 83.9. The minimum Gasteiger partial charge on any atom is -0.497 e. The van der Waals surface area contributed by atoms with Gasteiger partial charge in [-0.3, -0.25) is 0 Å². The van der Waals surface area contributed by atoms with Crippen LogP contribution in [-0.2, 0) is 86.2 Å². The molecule has 15 N–H and O–H groups in total. The molecule has 9 rings (SSSR count). The molecule has 2 saturated heterocycles. The van der Waals surface area contributed by atoms with E-state index in [-0.39, 0.29) is 11.9 Å². The molecule has 127 heavy (non-hydrogen) atoms. The first-order valence-corrected chi connectivity index (χ1v) is 40.5. The van der Waals surface area contributed by atoms with Crippen LogP contribution in [0.15, 0.2) is 176 Å². The lowest BCUT2D eigenvalue weighted by Crippen LogP contribution is -2.31. The summed E-state index contributed by atoms with van der Waals surface area (Å²) >= 11 is 20.5. The van der Waals surface area contributed by atoms with Crippen molar-refractivity contribution in [3.63, 3.8) is 0 Å². The second kappa shape index (κ2) is 63.8. The van der Waals surface area contributed by atoms with Gasteiger partial charge in [-0.1, -0.05) is 242 Å². The fraction of sp³-hybridized carbons (Fsp3) is 0.386. The molecule has 0 aromatic heterocycles. The summed E-state index contributed by atoms with van der Waals surface area (Å²) < 4.78 is 57.5. The van der Waals surface area contributed by atoms with Crippen molar-refractivity contribution in [3.05, 3.63) is 226 Å². The van der Waals surface area contributed by atoms with E-state index in [2.05, 4.69) is 120 Å². The summed E-state index contributed by atoms with van der Waals surface area (Å²) in [6, 6.07) is 48.2. The molecule has 2 heterocycles. The lowest BCUT2D eigenvalue weighted by Gasteiger charge is -2.16. The van der Waals surface area contributed by atoms with Gasteiger partial charge < -0.3 is 122 Å². The van der Waals surface area contributed by atoms with Crippen molar-refractivity contribution in [3.8, 4) is 28.7 Å². The summed E-state index contributed by atoms with van der Waals surface area (Å²) in [5.41, 5.74) is 6.58. The monoisotopic (exact) mass is 1900 g/mol. The molecule has 2 aliphatic heterocycles. The first kappa shape index (κ1) is 116. The third-order valence-electron chi connectivity index (χ3n) is 16.3. The highest BCUT2D eigenvalue weighted by Crippen LogP contribution is 2.41. The SMILES string of the molecule is CCC.CCOC(=O)/C=C/c1ccc(C)cc1.CCOC(=O)[C@H]1OC(C)(C)OC1c1ccc(C)cc1.COc1ccc(C(O)[C@@H](O)C(=O)ONS)cc1.COc1ccc(C(O)[C@@H](O)C(=O)ONS)cc1.COc1ccc(C(O)[C@H](O)C(=O)ONS)cc1.COc1ccc(C(O)[C@H](O)C(=O)ONS)cc1.COc1ccc(C2OC(C)(C)O[C@@H]2C(=O)ONS)cc1.ONS. The van der Waals surface area contributed by atoms with E-state index in [0.29, 0.717) is 58.5 Å². The maximum Gasteiger partial charge on any atom is 0.357 e. The summed E-state index contributed by atoms with van der Waals surface area (Å²) in [6.07, 6.45) is -10.4. The number of aliphatic hydroxyl groups excluding tert-OH is 8. The minimum absolute atomic E-state index is 0.298. The van der Waals surface area contributed by atoms with E-state index >= 15 is 0 Å². The average molecular weight is 1900 g/mol. The maximum atomic E-state index is 12.0. The van der Waals surface area contributed by atoms with E-state index in [0.717, 1.165) is 28.0 Å². The number of methoxy groups -OCH3 is 5. The molecule has 0 aliphatic carbocycles. The Morgan fingerprint density at radius 2 is 0.606 bits per heavy atom. The predicted octanol–water partition coefficient (Wildman–Crippen LogP) is 8.26. The Bertz CT molecular complexity index is 4000. The highest BCUT2D eigenvalue weighted by Gasteiger charge is 2.48. The smallest absolute Gasteiger partial charge is 0.357 e. The highest BCUT2D eigenvalue weighted by atomic mass is 32.1. The van der Waals surface area contributed by atoms with Crippen LogP contribution in [0.1, 0.15) is 149 Å². The number of hydrogen-bond donors (Lipinski definition) is 21. The van der Waals surface area contributed by atoms with Crippen LogP contribution in [0.25, 0.3) is 6.08 Å². The van der Waals surface area contributed by atoms with Crippen LogP contribution < -0.4 is 53.0 Å². The Morgan fingerprint density at radius 1 is 0.370 bits per heavy atom. The van der Waals surface area contributed by atoms with Crippen molar-refractivity contribution < 1.29 is 156 Å². The molecule has 12 atom stereocenters. The molecule has 0 amide bonds. The number of esters is 2. The zero-order valence-corrected chi connectivity index (χ0v) is 77.3. The minimum atomic E-state index is -1.69. The second-order valence-corrected chi connectivity index (χ2v) is 27.5. The predicted molar refractivity (Wildman–Crippen MR) is 480 cm³/mol. The molecule has 0 radical (unpaired) electrons.